The van der Waals surface area contributed by atoms with Gasteiger partial charge in [0.25, 0.3) is 0 Å². The molecule has 14 heavy (non-hydrogen) atoms. The smallest absolute Gasteiger partial charge is 0.0594 e. The molecule has 2 N–H and O–H groups in total. The first kappa shape index (κ1) is 10.4. The summed E-state index contributed by atoms with van der Waals surface area (Å²) in [6.45, 7) is 9.12. The lowest BCUT2D eigenvalue weighted by Gasteiger charge is -2.55. The maximum absolute atomic E-state index is 10.1. The first-order chi connectivity index (χ1) is 6.47. The minimum Gasteiger partial charge on any atom is -0.393 e. The van der Waals surface area contributed by atoms with E-state index >= 15 is 0 Å². The summed E-state index contributed by atoms with van der Waals surface area (Å²) in [5.41, 5.74) is 0.524. The summed E-state index contributed by atoms with van der Waals surface area (Å²) in [6, 6.07) is 0. The number of nitrogens with one attached hydrogen (secondary N) is 1. The Balaban J connectivity index is 2.26. The monoisotopic (exact) mass is 197 g/mol. The average Bonchev–Trinajstić information content (AvgIpc) is 2.13. The number of piperidine rings is 1. The van der Waals surface area contributed by atoms with Gasteiger partial charge in [-0.1, -0.05) is 20.8 Å². The minimum absolute atomic E-state index is 0.0984. The molecule has 2 nitrogen and oxygen atoms in total. The van der Waals surface area contributed by atoms with Gasteiger partial charge in [-0.15, -0.1) is 0 Å². The molecule has 2 fully saturated rings. The molecular formula is C12H23NO. The molecule has 0 bridgehead atoms. The highest BCUT2D eigenvalue weighted by molar-refractivity contribution is 5.02. The van der Waals surface area contributed by atoms with E-state index in [4.69, 9.17) is 0 Å². The predicted octanol–water partition coefficient (Wildman–Crippen LogP) is 1.78. The first-order valence-electron chi connectivity index (χ1n) is 5.85. The van der Waals surface area contributed by atoms with Crippen molar-refractivity contribution in [3.8, 4) is 0 Å². The average molecular weight is 197 g/mol. The van der Waals surface area contributed by atoms with Gasteiger partial charge in [-0.3, -0.25) is 0 Å². The van der Waals surface area contributed by atoms with E-state index in [1.165, 1.54) is 12.8 Å². The Morgan fingerprint density at radius 2 is 1.93 bits per heavy atom. The number of hydrogen-bond donors (Lipinski definition) is 2. The molecule has 2 heteroatoms. The zero-order valence-electron chi connectivity index (χ0n) is 9.64. The van der Waals surface area contributed by atoms with Gasteiger partial charge in [0.05, 0.1) is 6.10 Å². The number of hydrogen-bond acceptors (Lipinski definition) is 2. The number of rotatable bonds is 0. The van der Waals surface area contributed by atoms with Crippen molar-refractivity contribution in [3.05, 3.63) is 0 Å². The van der Waals surface area contributed by atoms with Gasteiger partial charge in [-0.05, 0) is 42.6 Å². The third-order valence-corrected chi connectivity index (χ3v) is 4.73. The van der Waals surface area contributed by atoms with Crippen molar-refractivity contribution >= 4 is 0 Å². The summed E-state index contributed by atoms with van der Waals surface area (Å²) < 4.78 is 0. The zero-order valence-corrected chi connectivity index (χ0v) is 9.64. The second kappa shape index (κ2) is 3.21. The van der Waals surface area contributed by atoms with Gasteiger partial charge in [0.15, 0.2) is 0 Å². The highest BCUT2D eigenvalue weighted by Crippen LogP contribution is 2.53. The Bertz CT molecular complexity index is 222. The number of fused-ring (bicyclic) bond motifs is 1. The second-order valence-corrected chi connectivity index (χ2v) is 6.05. The van der Waals surface area contributed by atoms with Gasteiger partial charge in [0.1, 0.15) is 0 Å². The Hall–Kier alpha value is -0.0800. The summed E-state index contributed by atoms with van der Waals surface area (Å²) in [5.74, 6) is 0.681. The highest BCUT2D eigenvalue weighted by Gasteiger charge is 2.51. The molecular weight excluding hydrogens is 174 g/mol. The van der Waals surface area contributed by atoms with E-state index in [-0.39, 0.29) is 11.5 Å². The van der Waals surface area contributed by atoms with Crippen LogP contribution < -0.4 is 5.32 Å². The molecule has 1 heterocycles. The maximum atomic E-state index is 10.1. The van der Waals surface area contributed by atoms with Crippen molar-refractivity contribution in [1.82, 2.24) is 5.32 Å². The zero-order chi connectivity index (χ0) is 10.4. The van der Waals surface area contributed by atoms with Gasteiger partial charge >= 0.3 is 0 Å². The van der Waals surface area contributed by atoms with Crippen LogP contribution in [0, 0.1) is 16.7 Å². The molecule has 2 rings (SSSR count). The van der Waals surface area contributed by atoms with Crippen molar-refractivity contribution in [2.45, 2.75) is 46.1 Å². The van der Waals surface area contributed by atoms with Crippen molar-refractivity contribution < 1.29 is 5.11 Å². The van der Waals surface area contributed by atoms with Gasteiger partial charge < -0.3 is 10.4 Å². The van der Waals surface area contributed by atoms with Crippen LogP contribution in [0.4, 0.5) is 0 Å². The van der Waals surface area contributed by atoms with Crippen LogP contribution in [-0.4, -0.2) is 24.3 Å². The second-order valence-electron chi connectivity index (χ2n) is 6.05. The Morgan fingerprint density at radius 1 is 1.21 bits per heavy atom. The molecule has 1 aliphatic carbocycles. The molecule has 1 saturated carbocycles. The molecule has 3 atom stereocenters. The normalized spacial score (nSPS) is 47.1. The van der Waals surface area contributed by atoms with Gasteiger partial charge in [0.2, 0.25) is 0 Å². The largest absolute Gasteiger partial charge is 0.393 e. The fourth-order valence-corrected chi connectivity index (χ4v) is 3.70. The quantitative estimate of drug-likeness (QED) is 0.620. The van der Waals surface area contributed by atoms with Crippen LogP contribution >= 0.6 is 0 Å². The van der Waals surface area contributed by atoms with E-state index in [1.54, 1.807) is 0 Å². The Kier molecular flexibility index (Phi) is 2.39. The molecule has 1 aliphatic heterocycles. The standard InChI is InChI=1S/C12H23NO/c1-11(2)9-5-7-13-8-12(9,3)6-4-10(11)14/h9-10,13-14H,4-8H2,1-3H3/t9-,10-,12+/m0/s1. The summed E-state index contributed by atoms with van der Waals surface area (Å²) in [7, 11) is 0. The molecule has 0 aromatic carbocycles. The Labute approximate surface area is 87.1 Å². The summed E-state index contributed by atoms with van der Waals surface area (Å²) in [5, 5.41) is 13.6. The van der Waals surface area contributed by atoms with Crippen molar-refractivity contribution in [2.24, 2.45) is 16.7 Å². The number of aliphatic hydroxyl groups is 1. The SMILES string of the molecule is CC1(C)[C@@H](O)CC[C@]2(C)CNCC[C@@H]12. The van der Waals surface area contributed by atoms with E-state index in [2.05, 4.69) is 26.1 Å². The van der Waals surface area contributed by atoms with Crippen LogP contribution in [0.1, 0.15) is 40.0 Å². The fraction of sp³-hybridized carbons (Fsp3) is 1.00. The lowest BCUT2D eigenvalue weighted by molar-refractivity contribution is -0.106. The van der Waals surface area contributed by atoms with E-state index < -0.39 is 0 Å². The third-order valence-electron chi connectivity index (χ3n) is 4.73. The van der Waals surface area contributed by atoms with E-state index in [0.717, 1.165) is 19.5 Å². The molecule has 82 valence electrons. The minimum atomic E-state index is -0.0984. The topological polar surface area (TPSA) is 32.3 Å². The summed E-state index contributed by atoms with van der Waals surface area (Å²) >= 11 is 0. The lowest BCUT2D eigenvalue weighted by atomic mass is 9.53. The molecule has 0 amide bonds. The van der Waals surface area contributed by atoms with Gasteiger partial charge in [-0.2, -0.15) is 0 Å². The van der Waals surface area contributed by atoms with Crippen molar-refractivity contribution in [3.63, 3.8) is 0 Å². The molecule has 0 radical (unpaired) electrons. The van der Waals surface area contributed by atoms with Crippen molar-refractivity contribution in [1.29, 1.82) is 0 Å². The molecule has 0 spiro atoms. The first-order valence-corrected chi connectivity index (χ1v) is 5.85. The van der Waals surface area contributed by atoms with Gasteiger partial charge in [0, 0.05) is 6.54 Å². The summed E-state index contributed by atoms with van der Waals surface area (Å²) in [4.78, 5) is 0. The third kappa shape index (κ3) is 1.40. The van der Waals surface area contributed by atoms with Gasteiger partial charge in [-0.25, -0.2) is 0 Å². The van der Waals surface area contributed by atoms with E-state index in [9.17, 15) is 5.11 Å². The van der Waals surface area contributed by atoms with E-state index in [0.29, 0.717) is 11.3 Å². The van der Waals surface area contributed by atoms with Crippen LogP contribution in [-0.2, 0) is 0 Å². The van der Waals surface area contributed by atoms with Crippen LogP contribution in [0.15, 0.2) is 0 Å². The summed E-state index contributed by atoms with van der Waals surface area (Å²) in [6.07, 6.45) is 3.27. The lowest BCUT2D eigenvalue weighted by Crippen LogP contribution is -2.56. The van der Waals surface area contributed by atoms with Crippen LogP contribution in [0.25, 0.3) is 0 Å². The van der Waals surface area contributed by atoms with E-state index in [1.807, 2.05) is 0 Å². The molecule has 0 aromatic heterocycles. The van der Waals surface area contributed by atoms with Crippen LogP contribution in [0.5, 0.6) is 0 Å². The van der Waals surface area contributed by atoms with Crippen molar-refractivity contribution in [2.75, 3.05) is 13.1 Å². The molecule has 0 unspecified atom stereocenters. The Morgan fingerprint density at radius 3 is 2.64 bits per heavy atom. The van der Waals surface area contributed by atoms with Crippen LogP contribution in [0.3, 0.4) is 0 Å². The predicted molar refractivity (Wildman–Crippen MR) is 58.1 cm³/mol. The number of aliphatic hydroxyl groups excluding tert-OH is 1. The van der Waals surface area contributed by atoms with Crippen LogP contribution in [0.2, 0.25) is 0 Å². The highest BCUT2D eigenvalue weighted by atomic mass is 16.3. The maximum Gasteiger partial charge on any atom is 0.0594 e. The fourth-order valence-electron chi connectivity index (χ4n) is 3.70. The molecule has 2 aliphatic rings. The molecule has 0 aromatic rings. The molecule has 1 saturated heterocycles.